The second kappa shape index (κ2) is 10.6. The lowest BCUT2D eigenvalue weighted by molar-refractivity contribution is -0.139. The first-order chi connectivity index (χ1) is 17.5. The van der Waals surface area contributed by atoms with Crippen LogP contribution in [0.15, 0.2) is 53.3 Å². The Morgan fingerprint density at radius 1 is 1.08 bits per heavy atom. The molecule has 0 radical (unpaired) electrons. The zero-order valence-corrected chi connectivity index (χ0v) is 20.0. The van der Waals surface area contributed by atoms with Crippen molar-refractivity contribution in [2.24, 2.45) is 5.92 Å². The van der Waals surface area contributed by atoms with Gasteiger partial charge in [0.1, 0.15) is 11.6 Å². The van der Waals surface area contributed by atoms with Crippen molar-refractivity contribution in [3.05, 3.63) is 76.1 Å². The summed E-state index contributed by atoms with van der Waals surface area (Å²) in [7, 11) is 0. The zero-order chi connectivity index (χ0) is 25.1. The topological polar surface area (TPSA) is 95.6 Å². The average Bonchev–Trinajstić information content (AvgIpc) is 3.41. The third kappa shape index (κ3) is 5.31. The second-order valence-electron chi connectivity index (χ2n) is 9.46. The largest absolute Gasteiger partial charge is 0.376 e. The Balaban J connectivity index is 1.29. The molecule has 8 nitrogen and oxygen atoms in total. The summed E-state index contributed by atoms with van der Waals surface area (Å²) in [4.78, 5) is 49.8. The maximum absolute atomic E-state index is 13.6. The van der Waals surface area contributed by atoms with E-state index in [4.69, 9.17) is 4.74 Å². The van der Waals surface area contributed by atoms with Crippen LogP contribution in [0.5, 0.6) is 0 Å². The van der Waals surface area contributed by atoms with Crippen LogP contribution in [-0.2, 0) is 16.1 Å². The lowest BCUT2D eigenvalue weighted by Crippen LogP contribution is -2.46. The maximum Gasteiger partial charge on any atom is 0.258 e. The number of halogens is 1. The number of benzene rings is 2. The molecular weight excluding hydrogens is 463 g/mol. The molecule has 2 aliphatic rings. The number of nitrogens with zero attached hydrogens (tertiary/aromatic N) is 3. The number of para-hydroxylation sites is 1. The van der Waals surface area contributed by atoms with E-state index in [1.165, 1.54) is 24.3 Å². The number of amides is 2. The number of H-pyrrole nitrogens is 1. The van der Waals surface area contributed by atoms with Crippen molar-refractivity contribution < 1.29 is 18.7 Å². The highest BCUT2D eigenvalue weighted by Gasteiger charge is 2.32. The lowest BCUT2D eigenvalue weighted by Gasteiger charge is -2.35. The lowest BCUT2D eigenvalue weighted by atomic mass is 9.94. The highest BCUT2D eigenvalue weighted by Crippen LogP contribution is 2.24. The minimum atomic E-state index is -0.385. The van der Waals surface area contributed by atoms with E-state index in [9.17, 15) is 18.8 Å². The summed E-state index contributed by atoms with van der Waals surface area (Å²) in [6.07, 6.45) is 2.88. The minimum absolute atomic E-state index is 0.0183. The fourth-order valence-corrected chi connectivity index (χ4v) is 5.02. The van der Waals surface area contributed by atoms with Gasteiger partial charge in [-0.05, 0) is 62.1 Å². The Kier molecular flexibility index (Phi) is 7.09. The van der Waals surface area contributed by atoms with Crippen molar-refractivity contribution in [1.29, 1.82) is 0 Å². The SMILES string of the molecule is O=C(c1ccc(F)cc1)N1CCC(C(=O)N(Cc2nc3ccccc3c(=O)[nH]2)CC2CCCO2)CC1. The summed E-state index contributed by atoms with van der Waals surface area (Å²) in [6, 6.07) is 12.6. The Bertz CT molecular complexity index is 1300. The summed E-state index contributed by atoms with van der Waals surface area (Å²) in [6.45, 7) is 2.20. The van der Waals surface area contributed by atoms with Crippen LogP contribution in [0.25, 0.3) is 10.9 Å². The molecular formula is C27H29FN4O4. The molecule has 1 aromatic heterocycles. The normalized spacial score (nSPS) is 18.5. The van der Waals surface area contributed by atoms with Gasteiger partial charge in [-0.15, -0.1) is 0 Å². The molecule has 9 heteroatoms. The number of rotatable bonds is 6. The van der Waals surface area contributed by atoms with Crippen LogP contribution in [0, 0.1) is 11.7 Å². The molecule has 3 aromatic rings. The van der Waals surface area contributed by atoms with Crippen molar-refractivity contribution in [2.75, 3.05) is 26.2 Å². The molecule has 3 heterocycles. The highest BCUT2D eigenvalue weighted by atomic mass is 19.1. The van der Waals surface area contributed by atoms with Gasteiger partial charge in [0.2, 0.25) is 5.91 Å². The van der Waals surface area contributed by atoms with E-state index < -0.39 is 0 Å². The van der Waals surface area contributed by atoms with Crippen LogP contribution in [0.1, 0.15) is 41.9 Å². The van der Waals surface area contributed by atoms with Crippen LogP contribution in [-0.4, -0.2) is 63.9 Å². The van der Waals surface area contributed by atoms with E-state index in [1.54, 1.807) is 28.0 Å². The molecule has 0 aliphatic carbocycles. The quantitative estimate of drug-likeness (QED) is 0.571. The molecule has 0 bridgehead atoms. The molecule has 2 aromatic carbocycles. The van der Waals surface area contributed by atoms with E-state index in [-0.39, 0.29) is 41.8 Å². The van der Waals surface area contributed by atoms with Crippen molar-refractivity contribution in [2.45, 2.75) is 38.3 Å². The Hall–Kier alpha value is -3.59. The fraction of sp³-hybridized carbons (Fsp3) is 0.407. The number of piperidine rings is 1. The number of carbonyl (C=O) groups is 2. The van der Waals surface area contributed by atoms with Gasteiger partial charge in [-0.1, -0.05) is 12.1 Å². The van der Waals surface area contributed by atoms with E-state index in [0.717, 1.165) is 12.8 Å². The Morgan fingerprint density at radius 2 is 1.83 bits per heavy atom. The summed E-state index contributed by atoms with van der Waals surface area (Å²) in [5.74, 6) is -0.362. The molecule has 2 amide bonds. The van der Waals surface area contributed by atoms with Crippen LogP contribution in [0.3, 0.4) is 0 Å². The number of nitrogens with one attached hydrogen (secondary N) is 1. The van der Waals surface area contributed by atoms with Gasteiger partial charge in [0.15, 0.2) is 0 Å². The second-order valence-corrected chi connectivity index (χ2v) is 9.46. The monoisotopic (exact) mass is 492 g/mol. The predicted molar refractivity (Wildman–Crippen MR) is 132 cm³/mol. The van der Waals surface area contributed by atoms with Gasteiger partial charge >= 0.3 is 0 Å². The van der Waals surface area contributed by atoms with E-state index in [2.05, 4.69) is 9.97 Å². The Labute approximate surface area is 208 Å². The molecule has 36 heavy (non-hydrogen) atoms. The summed E-state index contributed by atoms with van der Waals surface area (Å²) >= 11 is 0. The van der Waals surface area contributed by atoms with E-state index >= 15 is 0 Å². The first kappa shape index (κ1) is 24.1. The van der Waals surface area contributed by atoms with Gasteiger partial charge in [-0.25, -0.2) is 9.37 Å². The number of carbonyl (C=O) groups excluding carboxylic acids is 2. The molecule has 2 fully saturated rings. The molecule has 0 saturated carbocycles. The third-order valence-corrected chi connectivity index (χ3v) is 6.98. The number of aromatic amines is 1. The molecule has 0 spiro atoms. The highest BCUT2D eigenvalue weighted by molar-refractivity contribution is 5.94. The standard InChI is InChI=1S/C27H29FN4O4/c28-20-9-7-18(8-10-20)26(34)31-13-11-19(12-14-31)27(35)32(16-21-4-3-15-36-21)17-24-29-23-6-2-1-5-22(23)25(33)30-24/h1-2,5-10,19,21H,3-4,11-17H2,(H,29,30,33). The Morgan fingerprint density at radius 3 is 2.56 bits per heavy atom. The zero-order valence-electron chi connectivity index (χ0n) is 20.0. The minimum Gasteiger partial charge on any atom is -0.376 e. The van der Waals surface area contributed by atoms with Crippen molar-refractivity contribution >= 4 is 22.7 Å². The van der Waals surface area contributed by atoms with Crippen molar-refractivity contribution in [3.8, 4) is 0 Å². The summed E-state index contributed by atoms with van der Waals surface area (Å²) in [5, 5.41) is 0.511. The smallest absolute Gasteiger partial charge is 0.258 e. The molecule has 1 N–H and O–H groups in total. The van der Waals surface area contributed by atoms with Gasteiger partial charge in [-0.3, -0.25) is 14.4 Å². The van der Waals surface area contributed by atoms with E-state index in [0.29, 0.717) is 61.4 Å². The van der Waals surface area contributed by atoms with Crippen molar-refractivity contribution in [3.63, 3.8) is 0 Å². The molecule has 2 aliphatic heterocycles. The van der Waals surface area contributed by atoms with Gasteiger partial charge < -0.3 is 19.5 Å². The summed E-state index contributed by atoms with van der Waals surface area (Å²) < 4.78 is 19.0. The number of hydrogen-bond donors (Lipinski definition) is 1. The predicted octanol–water partition coefficient (Wildman–Crippen LogP) is 3.12. The number of ether oxygens (including phenoxy) is 1. The molecule has 1 atom stereocenters. The number of aromatic nitrogens is 2. The van der Waals surface area contributed by atoms with Crippen LogP contribution >= 0.6 is 0 Å². The number of fused-ring (bicyclic) bond motifs is 1. The summed E-state index contributed by atoms with van der Waals surface area (Å²) in [5.41, 5.74) is 0.800. The van der Waals surface area contributed by atoms with Gasteiger partial charge in [0, 0.05) is 37.7 Å². The fourth-order valence-electron chi connectivity index (χ4n) is 5.02. The van der Waals surface area contributed by atoms with E-state index in [1.807, 2.05) is 6.07 Å². The van der Waals surface area contributed by atoms with Gasteiger partial charge in [-0.2, -0.15) is 0 Å². The molecule has 188 valence electrons. The number of likely N-dealkylation sites (tertiary alicyclic amines) is 1. The van der Waals surface area contributed by atoms with Gasteiger partial charge in [0.25, 0.3) is 11.5 Å². The van der Waals surface area contributed by atoms with Crippen LogP contribution < -0.4 is 5.56 Å². The van der Waals surface area contributed by atoms with Crippen molar-refractivity contribution in [1.82, 2.24) is 19.8 Å². The third-order valence-electron chi connectivity index (χ3n) is 6.98. The molecule has 1 unspecified atom stereocenters. The molecule has 5 rings (SSSR count). The average molecular weight is 493 g/mol. The molecule has 2 saturated heterocycles. The van der Waals surface area contributed by atoms with Crippen LogP contribution in [0.2, 0.25) is 0 Å². The number of hydrogen-bond acceptors (Lipinski definition) is 5. The van der Waals surface area contributed by atoms with Crippen LogP contribution in [0.4, 0.5) is 4.39 Å². The van der Waals surface area contributed by atoms with Gasteiger partial charge in [0.05, 0.1) is 23.6 Å². The first-order valence-corrected chi connectivity index (χ1v) is 12.4. The first-order valence-electron chi connectivity index (χ1n) is 12.4. The maximum atomic E-state index is 13.6.